The zero-order chi connectivity index (χ0) is 28.2. The first-order valence-corrected chi connectivity index (χ1v) is 14.0. The van der Waals surface area contributed by atoms with Crippen molar-refractivity contribution in [3.63, 3.8) is 0 Å². The number of nitrogens with one attached hydrogen (secondary N) is 1. The highest BCUT2D eigenvalue weighted by Crippen LogP contribution is 2.60. The van der Waals surface area contributed by atoms with E-state index in [0.717, 1.165) is 33.3 Å². The topological polar surface area (TPSA) is 85.9 Å². The van der Waals surface area contributed by atoms with E-state index in [1.54, 1.807) is 19.2 Å². The van der Waals surface area contributed by atoms with Gasteiger partial charge in [-0.05, 0) is 80.0 Å². The van der Waals surface area contributed by atoms with Crippen molar-refractivity contribution in [2.45, 2.75) is 70.0 Å². The molecule has 1 amide bonds. The number of aromatic nitrogens is 1. The number of amides is 1. The van der Waals surface area contributed by atoms with Crippen LogP contribution in [0.4, 0.5) is 8.78 Å². The first-order chi connectivity index (χ1) is 19.1. The fourth-order valence-corrected chi connectivity index (χ4v) is 7.33. The number of rotatable bonds is 6. The number of H-pyrrole nitrogens is 1. The van der Waals surface area contributed by atoms with E-state index in [9.17, 15) is 23.5 Å². The quantitative estimate of drug-likeness (QED) is 0.397. The minimum absolute atomic E-state index is 0.0810. The molecule has 7 nitrogen and oxygen atoms in total. The summed E-state index contributed by atoms with van der Waals surface area (Å²) in [6.45, 7) is 3.75. The predicted molar refractivity (Wildman–Crippen MR) is 147 cm³/mol. The normalized spacial score (nSPS) is 23.9. The van der Waals surface area contributed by atoms with Crippen LogP contribution in [0.15, 0.2) is 42.6 Å². The number of carbonyl (C=O) groups excluding carboxylic acids is 1. The van der Waals surface area contributed by atoms with Crippen LogP contribution in [-0.4, -0.2) is 63.9 Å². The van der Waals surface area contributed by atoms with Crippen LogP contribution in [0.1, 0.15) is 71.6 Å². The largest absolute Gasteiger partial charge is 0.496 e. The zero-order valence-electron chi connectivity index (χ0n) is 22.9. The average Bonchev–Trinajstić information content (AvgIpc) is 3.60. The van der Waals surface area contributed by atoms with Crippen LogP contribution in [-0.2, 0) is 11.3 Å². The molecule has 0 radical (unpaired) electrons. The molecule has 1 aromatic heterocycles. The lowest BCUT2D eigenvalue weighted by atomic mass is 9.59. The number of ether oxygens (including phenoxy) is 1. The Labute approximate surface area is 232 Å². The second-order valence-corrected chi connectivity index (χ2v) is 11.9. The number of fused-ring (bicyclic) bond motifs is 1. The van der Waals surface area contributed by atoms with E-state index >= 15 is 0 Å². The predicted octanol–water partition coefficient (Wildman–Crippen LogP) is 5.93. The third-order valence-corrected chi connectivity index (χ3v) is 9.30. The minimum Gasteiger partial charge on any atom is -0.496 e. The first-order valence-electron chi connectivity index (χ1n) is 14.0. The number of piperidine rings is 1. The minimum atomic E-state index is -2.60. The number of hydrogen-bond acceptors (Lipinski definition) is 4. The van der Waals surface area contributed by atoms with Gasteiger partial charge in [-0.15, -0.1) is 0 Å². The zero-order valence-corrected chi connectivity index (χ0v) is 22.9. The van der Waals surface area contributed by atoms with Gasteiger partial charge in [0.15, 0.2) is 0 Å². The maximum Gasteiger partial charge on any atom is 0.326 e. The molecule has 2 N–H and O–H groups in total. The molecular weight excluding hydrogens is 516 g/mol. The lowest BCUT2D eigenvalue weighted by Crippen LogP contribution is -2.53. The Kier molecular flexibility index (Phi) is 6.60. The second-order valence-electron chi connectivity index (χ2n) is 11.9. The molecule has 3 aromatic rings. The van der Waals surface area contributed by atoms with Gasteiger partial charge in [-0.25, -0.2) is 13.6 Å². The van der Waals surface area contributed by atoms with Gasteiger partial charge in [0.2, 0.25) is 5.92 Å². The number of carboxylic acid groups (broad SMARTS) is 1. The van der Waals surface area contributed by atoms with E-state index in [1.165, 1.54) is 4.90 Å². The van der Waals surface area contributed by atoms with Gasteiger partial charge in [0.05, 0.1) is 7.11 Å². The smallest absolute Gasteiger partial charge is 0.326 e. The molecule has 1 spiro atoms. The molecule has 2 aromatic carbocycles. The van der Waals surface area contributed by atoms with E-state index in [2.05, 4.69) is 16.0 Å². The SMILES string of the molecule is COc1cc(C)c2[nH]ccc2c1CN1CCC2(CC1c1ccc(C(=O)N3CCC[C@H]3C(=O)O)cc1)CC(F)(F)C2. The summed E-state index contributed by atoms with van der Waals surface area (Å²) in [5.74, 6) is -3.06. The van der Waals surface area contributed by atoms with Crippen LogP contribution in [0.2, 0.25) is 0 Å². The fraction of sp³-hybridized carbons (Fsp3) is 0.484. The number of hydrogen-bond donors (Lipinski definition) is 2. The number of carboxylic acids is 1. The van der Waals surface area contributed by atoms with Crippen molar-refractivity contribution >= 4 is 22.8 Å². The molecule has 2 saturated heterocycles. The van der Waals surface area contributed by atoms with Crippen molar-refractivity contribution in [1.29, 1.82) is 0 Å². The van der Waals surface area contributed by atoms with Gasteiger partial charge >= 0.3 is 5.97 Å². The number of carbonyl (C=O) groups is 2. The van der Waals surface area contributed by atoms with Gasteiger partial charge in [0, 0.05) is 60.2 Å². The molecule has 40 heavy (non-hydrogen) atoms. The monoisotopic (exact) mass is 551 g/mol. The Morgan fingerprint density at radius 2 is 1.90 bits per heavy atom. The summed E-state index contributed by atoms with van der Waals surface area (Å²) in [7, 11) is 1.67. The fourth-order valence-electron chi connectivity index (χ4n) is 7.33. The van der Waals surface area contributed by atoms with Gasteiger partial charge in [-0.2, -0.15) is 0 Å². The van der Waals surface area contributed by atoms with Crippen molar-refractivity contribution in [2.24, 2.45) is 5.41 Å². The molecule has 3 fully saturated rings. The lowest BCUT2D eigenvalue weighted by Gasteiger charge is -2.54. The van der Waals surface area contributed by atoms with E-state index in [-0.39, 0.29) is 30.2 Å². The highest BCUT2D eigenvalue weighted by molar-refractivity contribution is 5.97. The van der Waals surface area contributed by atoms with Crippen molar-refractivity contribution in [1.82, 2.24) is 14.8 Å². The molecule has 6 rings (SSSR count). The van der Waals surface area contributed by atoms with E-state index in [4.69, 9.17) is 4.74 Å². The van der Waals surface area contributed by atoms with Gasteiger partial charge < -0.3 is 19.7 Å². The third kappa shape index (κ3) is 4.64. The van der Waals surface area contributed by atoms with Crippen LogP contribution in [0.3, 0.4) is 0 Å². The number of alkyl halides is 2. The van der Waals surface area contributed by atoms with Crippen LogP contribution in [0.25, 0.3) is 10.9 Å². The lowest BCUT2D eigenvalue weighted by molar-refractivity contribution is -0.186. The standard InChI is InChI=1S/C31H35F2N3O4/c1-19-14-26(40-2)23(22-9-11-34-27(19)22)16-35-13-10-30(17-31(32,33)18-30)15-25(35)20-5-7-21(8-6-20)28(37)36-12-3-4-24(36)29(38)39/h5-9,11,14,24-25,34H,3-4,10,12-13,15-18H2,1-2H3,(H,38,39)/t24-,25?/m0/s1. The Balaban J connectivity index is 1.30. The average molecular weight is 552 g/mol. The molecule has 212 valence electrons. The number of nitrogens with zero attached hydrogens (tertiary/aromatic N) is 2. The van der Waals surface area contributed by atoms with Crippen LogP contribution in [0.5, 0.6) is 5.75 Å². The van der Waals surface area contributed by atoms with Crippen molar-refractivity contribution < 1.29 is 28.2 Å². The summed E-state index contributed by atoms with van der Waals surface area (Å²) in [5.41, 5.74) is 4.24. The molecule has 1 saturated carbocycles. The summed E-state index contributed by atoms with van der Waals surface area (Å²) in [5, 5.41) is 10.6. The Morgan fingerprint density at radius 3 is 2.58 bits per heavy atom. The second kappa shape index (κ2) is 9.87. The summed E-state index contributed by atoms with van der Waals surface area (Å²) >= 11 is 0. The number of benzene rings is 2. The highest BCUT2D eigenvalue weighted by Gasteiger charge is 2.58. The van der Waals surface area contributed by atoms with Crippen LogP contribution >= 0.6 is 0 Å². The number of halogens is 2. The Morgan fingerprint density at radius 1 is 1.15 bits per heavy atom. The molecule has 3 aliphatic rings. The van der Waals surface area contributed by atoms with E-state index in [0.29, 0.717) is 50.9 Å². The van der Waals surface area contributed by atoms with Crippen molar-refractivity contribution in [3.8, 4) is 5.75 Å². The summed E-state index contributed by atoms with van der Waals surface area (Å²) in [6.07, 6.45) is 4.22. The van der Waals surface area contributed by atoms with E-state index < -0.39 is 17.9 Å². The van der Waals surface area contributed by atoms with Gasteiger partial charge in [0.1, 0.15) is 11.8 Å². The van der Waals surface area contributed by atoms with Crippen LogP contribution in [0, 0.1) is 12.3 Å². The highest BCUT2D eigenvalue weighted by atomic mass is 19.3. The van der Waals surface area contributed by atoms with Crippen LogP contribution < -0.4 is 4.74 Å². The molecule has 1 unspecified atom stereocenters. The number of aryl methyl sites for hydroxylation is 1. The first kappa shape index (κ1) is 26.7. The van der Waals surface area contributed by atoms with Gasteiger partial charge in [-0.3, -0.25) is 9.69 Å². The molecule has 2 atom stereocenters. The maximum absolute atomic E-state index is 14.1. The molecule has 3 heterocycles. The molecule has 2 aliphatic heterocycles. The molecule has 0 bridgehead atoms. The van der Waals surface area contributed by atoms with Crippen molar-refractivity contribution in [2.75, 3.05) is 20.2 Å². The third-order valence-electron chi connectivity index (χ3n) is 9.30. The molecule has 9 heteroatoms. The summed E-state index contributed by atoms with van der Waals surface area (Å²) in [4.78, 5) is 31.8. The number of aliphatic carboxylic acids is 1. The van der Waals surface area contributed by atoms with Gasteiger partial charge in [0.25, 0.3) is 5.91 Å². The molecule has 1 aliphatic carbocycles. The maximum atomic E-state index is 14.1. The van der Waals surface area contributed by atoms with E-state index in [1.807, 2.05) is 31.3 Å². The Hall–Kier alpha value is -3.46. The summed E-state index contributed by atoms with van der Waals surface area (Å²) in [6, 6.07) is 10.5. The number of aromatic amines is 1. The molecular formula is C31H35F2N3O4. The van der Waals surface area contributed by atoms with Gasteiger partial charge in [-0.1, -0.05) is 12.1 Å². The number of likely N-dealkylation sites (tertiary alicyclic amines) is 2. The number of methoxy groups -OCH3 is 1. The Bertz CT molecular complexity index is 1440. The van der Waals surface area contributed by atoms with Crippen molar-refractivity contribution in [3.05, 3.63) is 64.8 Å². The summed E-state index contributed by atoms with van der Waals surface area (Å²) < 4.78 is 33.9.